The van der Waals surface area contributed by atoms with E-state index in [1.807, 2.05) is 0 Å². The lowest BCUT2D eigenvalue weighted by molar-refractivity contribution is -0.137. The molecule has 2 rings (SSSR count). The maximum atomic E-state index is 11.5. The van der Waals surface area contributed by atoms with Crippen LogP contribution >= 0.6 is 11.3 Å². The molecule has 0 saturated heterocycles. The largest absolute Gasteiger partial charge is 0.481 e. The number of nitrogens with one attached hydrogen (secondary N) is 1. The SMILES string of the molecule is O=C(O)CCc1nc2sccc2c(=O)[nH]1. The topological polar surface area (TPSA) is 83.0 Å². The summed E-state index contributed by atoms with van der Waals surface area (Å²) in [6, 6.07) is 1.70. The van der Waals surface area contributed by atoms with Crippen LogP contribution in [-0.4, -0.2) is 21.0 Å². The minimum atomic E-state index is -0.899. The van der Waals surface area contributed by atoms with E-state index in [-0.39, 0.29) is 18.4 Å². The Morgan fingerprint density at radius 2 is 2.40 bits per heavy atom. The number of thiophene rings is 1. The summed E-state index contributed by atoms with van der Waals surface area (Å²) >= 11 is 1.37. The van der Waals surface area contributed by atoms with Crippen molar-refractivity contribution < 1.29 is 9.90 Å². The first-order valence-corrected chi connectivity index (χ1v) is 5.23. The predicted molar refractivity (Wildman–Crippen MR) is 56.2 cm³/mol. The fourth-order valence-corrected chi connectivity index (χ4v) is 2.04. The summed E-state index contributed by atoms with van der Waals surface area (Å²) in [5.74, 6) is -0.471. The van der Waals surface area contributed by atoms with Crippen LogP contribution in [0, 0.1) is 0 Å². The summed E-state index contributed by atoms with van der Waals surface area (Å²) in [6.45, 7) is 0. The minimum absolute atomic E-state index is 0.0280. The molecule has 78 valence electrons. The molecule has 6 heteroatoms. The first-order chi connectivity index (χ1) is 7.16. The maximum Gasteiger partial charge on any atom is 0.303 e. The van der Waals surface area contributed by atoms with Crippen molar-refractivity contribution in [2.24, 2.45) is 0 Å². The number of aryl methyl sites for hydroxylation is 1. The Kier molecular flexibility index (Phi) is 2.51. The number of H-pyrrole nitrogens is 1. The summed E-state index contributed by atoms with van der Waals surface area (Å²) in [5.41, 5.74) is -0.207. The van der Waals surface area contributed by atoms with Crippen LogP contribution in [0.4, 0.5) is 0 Å². The van der Waals surface area contributed by atoms with E-state index in [2.05, 4.69) is 9.97 Å². The van der Waals surface area contributed by atoms with Crippen LogP contribution in [0.5, 0.6) is 0 Å². The number of fused-ring (bicyclic) bond motifs is 1. The van der Waals surface area contributed by atoms with Crippen LogP contribution < -0.4 is 5.56 Å². The van der Waals surface area contributed by atoms with Gasteiger partial charge in [-0.2, -0.15) is 0 Å². The molecule has 0 aromatic carbocycles. The molecular formula is C9H8N2O3S. The number of aromatic amines is 1. The quantitative estimate of drug-likeness (QED) is 0.814. The van der Waals surface area contributed by atoms with Crippen LogP contribution in [-0.2, 0) is 11.2 Å². The molecule has 0 saturated carbocycles. The number of nitrogens with zero attached hydrogens (tertiary/aromatic N) is 1. The van der Waals surface area contributed by atoms with Gasteiger partial charge in [0.1, 0.15) is 10.7 Å². The molecule has 15 heavy (non-hydrogen) atoms. The zero-order valence-corrected chi connectivity index (χ0v) is 8.50. The number of carboxylic acid groups (broad SMARTS) is 1. The second kappa shape index (κ2) is 3.82. The minimum Gasteiger partial charge on any atom is -0.481 e. The Bertz CT molecular complexity index is 558. The van der Waals surface area contributed by atoms with Gasteiger partial charge in [-0.15, -0.1) is 11.3 Å². The van der Waals surface area contributed by atoms with E-state index >= 15 is 0 Å². The van der Waals surface area contributed by atoms with Crippen LogP contribution in [0.1, 0.15) is 12.2 Å². The Hall–Kier alpha value is -1.69. The molecule has 2 aromatic heterocycles. The zero-order chi connectivity index (χ0) is 10.8. The molecule has 2 aromatic rings. The van der Waals surface area contributed by atoms with Crippen LogP contribution in [0.25, 0.3) is 10.2 Å². The van der Waals surface area contributed by atoms with Crippen molar-refractivity contribution in [2.45, 2.75) is 12.8 Å². The van der Waals surface area contributed by atoms with Crippen LogP contribution in [0.3, 0.4) is 0 Å². The van der Waals surface area contributed by atoms with Gasteiger partial charge in [0.2, 0.25) is 0 Å². The van der Waals surface area contributed by atoms with Gasteiger partial charge in [0.15, 0.2) is 0 Å². The van der Waals surface area contributed by atoms with Gasteiger partial charge < -0.3 is 10.1 Å². The summed E-state index contributed by atoms with van der Waals surface area (Å²) in [7, 11) is 0. The highest BCUT2D eigenvalue weighted by atomic mass is 32.1. The van der Waals surface area contributed by atoms with E-state index < -0.39 is 5.97 Å². The van der Waals surface area contributed by atoms with Crippen molar-refractivity contribution in [3.63, 3.8) is 0 Å². The Morgan fingerprint density at radius 3 is 3.13 bits per heavy atom. The van der Waals surface area contributed by atoms with Gasteiger partial charge in [0.05, 0.1) is 11.8 Å². The average Bonchev–Trinajstić information content (AvgIpc) is 2.63. The maximum absolute atomic E-state index is 11.5. The highest BCUT2D eigenvalue weighted by molar-refractivity contribution is 7.16. The van der Waals surface area contributed by atoms with Gasteiger partial charge >= 0.3 is 5.97 Å². The van der Waals surface area contributed by atoms with E-state index in [1.165, 1.54) is 11.3 Å². The highest BCUT2D eigenvalue weighted by Crippen LogP contribution is 2.14. The normalized spacial score (nSPS) is 10.7. The molecule has 0 aliphatic heterocycles. The van der Waals surface area contributed by atoms with E-state index in [0.29, 0.717) is 16.0 Å². The summed E-state index contributed by atoms with van der Waals surface area (Å²) < 4.78 is 0. The summed E-state index contributed by atoms with van der Waals surface area (Å²) in [5, 5.41) is 10.8. The lowest BCUT2D eigenvalue weighted by Crippen LogP contribution is -2.11. The molecule has 2 N–H and O–H groups in total. The molecular weight excluding hydrogens is 216 g/mol. The second-order valence-electron chi connectivity index (χ2n) is 3.05. The standard InChI is InChI=1S/C9H8N2O3S/c12-7(13)2-1-6-10-8(14)5-3-4-15-9(5)11-6/h3-4H,1-2H2,(H,12,13)(H,10,11,14). The molecule has 5 nitrogen and oxygen atoms in total. The number of carbonyl (C=O) groups is 1. The number of aromatic nitrogens is 2. The second-order valence-corrected chi connectivity index (χ2v) is 3.94. The predicted octanol–water partition coefficient (Wildman–Crippen LogP) is 1.00. The van der Waals surface area contributed by atoms with Crippen LogP contribution in [0.2, 0.25) is 0 Å². The van der Waals surface area contributed by atoms with E-state index in [9.17, 15) is 9.59 Å². The Morgan fingerprint density at radius 1 is 1.60 bits per heavy atom. The number of carboxylic acids is 1. The molecule has 0 atom stereocenters. The van der Waals surface area contributed by atoms with Gasteiger partial charge in [0, 0.05) is 6.42 Å². The third-order valence-corrected chi connectivity index (χ3v) is 2.77. The first-order valence-electron chi connectivity index (χ1n) is 4.35. The van der Waals surface area contributed by atoms with Crippen molar-refractivity contribution in [3.05, 3.63) is 27.6 Å². The highest BCUT2D eigenvalue weighted by Gasteiger charge is 2.06. The zero-order valence-electron chi connectivity index (χ0n) is 7.69. The lowest BCUT2D eigenvalue weighted by Gasteiger charge is -1.97. The van der Waals surface area contributed by atoms with Gasteiger partial charge in [0.25, 0.3) is 5.56 Å². The van der Waals surface area contributed by atoms with Crippen LogP contribution in [0.15, 0.2) is 16.2 Å². The molecule has 0 aliphatic carbocycles. The van der Waals surface area contributed by atoms with Crippen molar-refractivity contribution in [3.8, 4) is 0 Å². The summed E-state index contributed by atoms with van der Waals surface area (Å²) in [6.07, 6.45) is 0.220. The van der Waals surface area contributed by atoms with Crippen molar-refractivity contribution in [1.82, 2.24) is 9.97 Å². The van der Waals surface area contributed by atoms with E-state index in [0.717, 1.165) is 0 Å². The molecule has 0 amide bonds. The molecule has 0 spiro atoms. The molecule has 0 bridgehead atoms. The number of hydrogen-bond acceptors (Lipinski definition) is 4. The fraction of sp³-hybridized carbons (Fsp3) is 0.222. The smallest absolute Gasteiger partial charge is 0.303 e. The van der Waals surface area contributed by atoms with Crippen molar-refractivity contribution in [2.75, 3.05) is 0 Å². The molecule has 0 fully saturated rings. The third-order valence-electron chi connectivity index (χ3n) is 1.96. The number of rotatable bonds is 3. The molecule has 0 aliphatic rings. The van der Waals surface area contributed by atoms with Crippen molar-refractivity contribution in [1.29, 1.82) is 0 Å². The molecule has 0 unspecified atom stereocenters. The van der Waals surface area contributed by atoms with Crippen molar-refractivity contribution >= 4 is 27.5 Å². The molecule has 0 radical (unpaired) electrons. The number of hydrogen-bond donors (Lipinski definition) is 2. The average molecular weight is 224 g/mol. The van der Waals surface area contributed by atoms with Gasteiger partial charge in [-0.05, 0) is 11.4 Å². The lowest BCUT2D eigenvalue weighted by atomic mass is 10.3. The summed E-state index contributed by atoms with van der Waals surface area (Å²) in [4.78, 5) is 29.2. The van der Waals surface area contributed by atoms with Gasteiger partial charge in [-0.3, -0.25) is 9.59 Å². The Labute approximate surface area is 88.4 Å². The third kappa shape index (κ3) is 2.04. The monoisotopic (exact) mass is 224 g/mol. The van der Waals surface area contributed by atoms with E-state index in [1.54, 1.807) is 11.4 Å². The van der Waals surface area contributed by atoms with E-state index in [4.69, 9.17) is 5.11 Å². The Balaban J connectivity index is 2.36. The van der Waals surface area contributed by atoms with Gasteiger partial charge in [-0.1, -0.05) is 0 Å². The first kappa shape index (κ1) is 9.85. The number of aliphatic carboxylic acids is 1. The molecule has 2 heterocycles. The van der Waals surface area contributed by atoms with Gasteiger partial charge in [-0.25, -0.2) is 4.98 Å². The fourth-order valence-electron chi connectivity index (χ4n) is 1.25.